The highest BCUT2D eigenvalue weighted by Crippen LogP contribution is 2.44. The van der Waals surface area contributed by atoms with E-state index in [-0.39, 0.29) is 11.2 Å². The van der Waals surface area contributed by atoms with Crippen molar-refractivity contribution >= 4 is 23.5 Å². The Hall–Kier alpha value is -2.73. The second kappa shape index (κ2) is 7.12. The maximum absolute atomic E-state index is 12.4. The van der Waals surface area contributed by atoms with Gasteiger partial charge in [-0.15, -0.1) is 11.8 Å². The lowest BCUT2D eigenvalue weighted by Gasteiger charge is -2.16. The number of ether oxygens (including phenoxy) is 1. The second-order valence-corrected chi connectivity index (χ2v) is 7.70. The van der Waals surface area contributed by atoms with Crippen LogP contribution in [0.4, 0.5) is 5.82 Å². The number of benzene rings is 2. The van der Waals surface area contributed by atoms with E-state index < -0.39 is 0 Å². The minimum atomic E-state index is -0.00827. The van der Waals surface area contributed by atoms with Gasteiger partial charge in [-0.2, -0.15) is 5.10 Å². The molecule has 0 radical (unpaired) electrons. The number of carbonyl (C=O) groups is 1. The van der Waals surface area contributed by atoms with Crippen LogP contribution in [0.5, 0.6) is 5.75 Å². The molecule has 1 aromatic heterocycles. The van der Waals surface area contributed by atoms with E-state index in [1.165, 1.54) is 11.1 Å². The van der Waals surface area contributed by atoms with Gasteiger partial charge in [-0.25, -0.2) is 4.68 Å². The van der Waals surface area contributed by atoms with Crippen LogP contribution in [0.1, 0.15) is 27.6 Å². The van der Waals surface area contributed by atoms with Gasteiger partial charge in [-0.3, -0.25) is 4.79 Å². The number of aryl methyl sites for hydroxylation is 2. The van der Waals surface area contributed by atoms with Gasteiger partial charge in [-0.05, 0) is 43.7 Å². The Morgan fingerprint density at radius 2 is 1.96 bits per heavy atom. The first-order valence-electron chi connectivity index (χ1n) is 8.79. The van der Waals surface area contributed by atoms with Gasteiger partial charge in [0.1, 0.15) is 11.6 Å². The normalized spacial score (nSPS) is 16.4. The smallest absolute Gasteiger partial charge is 0.235 e. The number of thioether (sulfide) groups is 1. The fourth-order valence-corrected chi connectivity index (χ4v) is 4.57. The predicted molar refractivity (Wildman–Crippen MR) is 109 cm³/mol. The van der Waals surface area contributed by atoms with E-state index >= 15 is 0 Å². The summed E-state index contributed by atoms with van der Waals surface area (Å²) < 4.78 is 7.06. The molecule has 2 heterocycles. The lowest BCUT2D eigenvalue weighted by Crippen LogP contribution is -2.15. The summed E-state index contributed by atoms with van der Waals surface area (Å²) in [5.74, 6) is 1.94. The van der Waals surface area contributed by atoms with Crippen molar-refractivity contribution in [2.75, 3.05) is 18.2 Å². The lowest BCUT2D eigenvalue weighted by atomic mass is 10.0. The highest BCUT2D eigenvalue weighted by Gasteiger charge is 2.30. The summed E-state index contributed by atoms with van der Waals surface area (Å²) in [6, 6.07) is 16.1. The summed E-state index contributed by atoms with van der Waals surface area (Å²) in [4.78, 5) is 12.4. The number of nitrogens with one attached hydrogen (secondary N) is 1. The van der Waals surface area contributed by atoms with Gasteiger partial charge < -0.3 is 10.1 Å². The van der Waals surface area contributed by atoms with Gasteiger partial charge in [0.05, 0.1) is 29.5 Å². The maximum atomic E-state index is 12.4. The van der Waals surface area contributed by atoms with Crippen molar-refractivity contribution in [3.05, 3.63) is 70.9 Å². The molecule has 0 fully saturated rings. The van der Waals surface area contributed by atoms with Crippen molar-refractivity contribution in [1.82, 2.24) is 9.78 Å². The van der Waals surface area contributed by atoms with Crippen LogP contribution < -0.4 is 10.1 Å². The van der Waals surface area contributed by atoms with Crippen LogP contribution in [-0.4, -0.2) is 28.6 Å². The third kappa shape index (κ3) is 3.32. The number of amides is 1. The van der Waals surface area contributed by atoms with Crippen molar-refractivity contribution < 1.29 is 9.53 Å². The van der Waals surface area contributed by atoms with E-state index in [1.54, 1.807) is 18.9 Å². The first-order valence-corrected chi connectivity index (χ1v) is 9.83. The Labute approximate surface area is 162 Å². The van der Waals surface area contributed by atoms with Crippen LogP contribution in [-0.2, 0) is 4.79 Å². The zero-order valence-electron chi connectivity index (χ0n) is 15.5. The number of rotatable bonds is 3. The molecule has 6 heteroatoms. The Morgan fingerprint density at radius 3 is 2.67 bits per heavy atom. The third-order valence-corrected chi connectivity index (χ3v) is 5.94. The number of hydrogen-bond donors (Lipinski definition) is 1. The monoisotopic (exact) mass is 379 g/mol. The number of fused-ring (bicyclic) bond motifs is 1. The Kier molecular flexibility index (Phi) is 4.66. The van der Waals surface area contributed by atoms with Crippen molar-refractivity contribution in [3.63, 3.8) is 0 Å². The molecule has 0 bridgehead atoms. The molecule has 1 N–H and O–H groups in total. The first kappa shape index (κ1) is 17.7. The molecule has 1 aliphatic heterocycles. The molecule has 4 rings (SSSR count). The van der Waals surface area contributed by atoms with Crippen molar-refractivity contribution in [2.24, 2.45) is 0 Å². The van der Waals surface area contributed by atoms with E-state index in [1.807, 2.05) is 35.9 Å². The highest BCUT2D eigenvalue weighted by molar-refractivity contribution is 8.00. The molecule has 5 nitrogen and oxygen atoms in total. The number of nitrogens with zero attached hydrogens (tertiary/aromatic N) is 2. The molecule has 0 unspecified atom stereocenters. The van der Waals surface area contributed by atoms with Crippen LogP contribution in [0.3, 0.4) is 0 Å². The Balaban J connectivity index is 1.86. The fourth-order valence-electron chi connectivity index (χ4n) is 3.39. The predicted octanol–water partition coefficient (Wildman–Crippen LogP) is 4.27. The van der Waals surface area contributed by atoms with Crippen LogP contribution in [0.25, 0.3) is 5.69 Å². The molecule has 0 saturated heterocycles. The maximum Gasteiger partial charge on any atom is 0.235 e. The summed E-state index contributed by atoms with van der Waals surface area (Å²) in [5.41, 5.74) is 5.26. The summed E-state index contributed by atoms with van der Waals surface area (Å²) >= 11 is 1.64. The molecule has 1 amide bonds. The third-order valence-electron chi connectivity index (χ3n) is 4.67. The van der Waals surface area contributed by atoms with Gasteiger partial charge in [0.2, 0.25) is 5.91 Å². The quantitative estimate of drug-likeness (QED) is 0.738. The van der Waals surface area contributed by atoms with Gasteiger partial charge in [-0.1, -0.05) is 29.8 Å². The van der Waals surface area contributed by atoms with Crippen molar-refractivity contribution in [1.29, 1.82) is 0 Å². The molecular formula is C21H21N3O2S. The van der Waals surface area contributed by atoms with Crippen molar-refractivity contribution in [2.45, 2.75) is 19.1 Å². The molecule has 1 atom stereocenters. The molecule has 3 aromatic rings. The minimum absolute atomic E-state index is 0.00827. The minimum Gasteiger partial charge on any atom is -0.497 e. The van der Waals surface area contributed by atoms with Gasteiger partial charge in [0.15, 0.2) is 0 Å². The van der Waals surface area contributed by atoms with Gasteiger partial charge in [0, 0.05) is 5.56 Å². The van der Waals surface area contributed by atoms with E-state index in [4.69, 9.17) is 9.84 Å². The zero-order valence-corrected chi connectivity index (χ0v) is 16.3. The molecule has 2 aromatic carbocycles. The largest absolute Gasteiger partial charge is 0.497 e. The van der Waals surface area contributed by atoms with E-state index in [9.17, 15) is 4.79 Å². The Morgan fingerprint density at radius 1 is 1.19 bits per heavy atom. The summed E-state index contributed by atoms with van der Waals surface area (Å²) in [5, 5.41) is 7.86. The summed E-state index contributed by atoms with van der Waals surface area (Å²) in [6.07, 6.45) is 0. The average Bonchev–Trinajstić information content (AvgIpc) is 2.87. The number of methoxy groups -OCH3 is 1. The van der Waals surface area contributed by atoms with Crippen LogP contribution in [0, 0.1) is 13.8 Å². The SMILES string of the molecule is COc1ccc(-n2nc(C)c3c2NC(=O)CS[C@H]3c2cccc(C)c2)cc1. The molecule has 27 heavy (non-hydrogen) atoms. The Bertz CT molecular complexity index is 995. The van der Waals surface area contributed by atoms with E-state index in [2.05, 4.69) is 36.5 Å². The molecule has 0 spiro atoms. The number of aromatic nitrogens is 2. The molecule has 0 saturated carbocycles. The first-order chi connectivity index (χ1) is 13.1. The molecule has 0 aliphatic carbocycles. The summed E-state index contributed by atoms with van der Waals surface area (Å²) in [7, 11) is 1.64. The van der Waals surface area contributed by atoms with E-state index in [0.717, 1.165) is 28.5 Å². The standard InChI is InChI=1S/C21H21N3O2S/c1-13-5-4-6-15(11-13)20-19-14(2)23-24(21(19)22-18(25)12-27-20)16-7-9-17(26-3)10-8-16/h4-11,20H,12H2,1-3H3,(H,22,25)/t20-/m0/s1. The topological polar surface area (TPSA) is 56.1 Å². The van der Waals surface area contributed by atoms with Crippen molar-refractivity contribution in [3.8, 4) is 11.4 Å². The number of carbonyl (C=O) groups excluding carboxylic acids is 1. The van der Waals surface area contributed by atoms with Gasteiger partial charge >= 0.3 is 0 Å². The van der Waals surface area contributed by atoms with Gasteiger partial charge in [0.25, 0.3) is 0 Å². The van der Waals surface area contributed by atoms with Crippen LogP contribution in [0.2, 0.25) is 0 Å². The number of hydrogen-bond acceptors (Lipinski definition) is 4. The average molecular weight is 379 g/mol. The summed E-state index contributed by atoms with van der Waals surface area (Å²) in [6.45, 7) is 4.09. The zero-order chi connectivity index (χ0) is 19.0. The van der Waals surface area contributed by atoms with Crippen LogP contribution >= 0.6 is 11.8 Å². The lowest BCUT2D eigenvalue weighted by molar-refractivity contribution is -0.113. The molecule has 1 aliphatic rings. The molecular weight excluding hydrogens is 358 g/mol. The number of anilines is 1. The van der Waals surface area contributed by atoms with Crippen LogP contribution in [0.15, 0.2) is 48.5 Å². The fraction of sp³-hybridized carbons (Fsp3) is 0.238. The molecule has 138 valence electrons. The van der Waals surface area contributed by atoms with E-state index in [0.29, 0.717) is 5.75 Å². The second-order valence-electron chi connectivity index (χ2n) is 6.61. The highest BCUT2D eigenvalue weighted by atomic mass is 32.2.